The Morgan fingerprint density at radius 2 is 2.35 bits per heavy atom. The Morgan fingerprint density at radius 3 is 3.05 bits per heavy atom. The molecule has 0 N–H and O–H groups in total. The van der Waals surface area contributed by atoms with E-state index in [0.717, 1.165) is 10.2 Å². The Morgan fingerprint density at radius 1 is 1.50 bits per heavy atom. The van der Waals surface area contributed by atoms with Crippen LogP contribution >= 0.6 is 22.9 Å². The molecule has 2 heterocycles. The van der Waals surface area contributed by atoms with Gasteiger partial charge in [-0.05, 0) is 25.1 Å². The van der Waals surface area contributed by atoms with E-state index < -0.39 is 5.91 Å². The third-order valence-electron chi connectivity index (χ3n) is 2.81. The molecule has 0 spiro atoms. The normalized spacial score (nSPS) is 12.2. The van der Waals surface area contributed by atoms with Gasteiger partial charge in [0.05, 0.1) is 16.4 Å². The smallest absolute Gasteiger partial charge is 0.318 e. The summed E-state index contributed by atoms with van der Waals surface area (Å²) >= 11 is 7.40. The summed E-state index contributed by atoms with van der Waals surface area (Å²) in [6.07, 6.45) is 1.42. The third-order valence-corrected chi connectivity index (χ3v) is 4.08. The van der Waals surface area contributed by atoms with E-state index in [1.165, 1.54) is 23.6 Å². The number of carbonyl (C=O) groups is 1. The molecule has 0 radical (unpaired) electrons. The van der Waals surface area contributed by atoms with E-state index in [4.69, 9.17) is 16.1 Å². The molecule has 2 aromatic heterocycles. The Bertz CT molecular complexity index is 833. The first kappa shape index (κ1) is 13.1. The first-order valence-corrected chi connectivity index (χ1v) is 7.17. The van der Waals surface area contributed by atoms with Crippen molar-refractivity contribution in [2.75, 3.05) is 0 Å². The average Bonchev–Trinajstić information content (AvgIpc) is 3.04. The van der Waals surface area contributed by atoms with E-state index >= 15 is 0 Å². The number of halogens is 1. The molecule has 0 atom stereocenters. The maximum atomic E-state index is 12.0. The van der Waals surface area contributed by atoms with Crippen LogP contribution in [0.2, 0.25) is 5.02 Å². The van der Waals surface area contributed by atoms with Gasteiger partial charge in [0.25, 0.3) is 0 Å². The van der Waals surface area contributed by atoms with Crippen molar-refractivity contribution in [3.05, 3.63) is 46.0 Å². The van der Waals surface area contributed by atoms with Crippen LogP contribution in [-0.2, 0) is 6.54 Å². The van der Waals surface area contributed by atoms with Gasteiger partial charge in [0.1, 0.15) is 0 Å². The molecule has 0 saturated carbocycles. The molecule has 3 rings (SSSR count). The lowest BCUT2D eigenvalue weighted by Crippen LogP contribution is -2.15. The predicted octanol–water partition coefficient (Wildman–Crippen LogP) is 3.11. The number of benzene rings is 1. The minimum Gasteiger partial charge on any atom is -0.351 e. The Balaban J connectivity index is 2.18. The molecule has 3 aromatic rings. The summed E-state index contributed by atoms with van der Waals surface area (Å²) in [6, 6.07) is 7.11. The van der Waals surface area contributed by atoms with Gasteiger partial charge in [-0.1, -0.05) is 28.1 Å². The van der Waals surface area contributed by atoms with E-state index in [1.54, 1.807) is 0 Å². The molecule has 0 unspecified atom stereocenters. The van der Waals surface area contributed by atoms with Crippen LogP contribution in [0.1, 0.15) is 17.5 Å². The number of thiazole rings is 1. The van der Waals surface area contributed by atoms with Crippen LogP contribution < -0.4 is 4.80 Å². The molecule has 0 fully saturated rings. The summed E-state index contributed by atoms with van der Waals surface area (Å²) in [5.41, 5.74) is 1.01. The number of amides is 1. The van der Waals surface area contributed by atoms with Gasteiger partial charge in [-0.15, -0.1) is 0 Å². The summed E-state index contributed by atoms with van der Waals surface area (Å²) < 4.78 is 7.77. The highest BCUT2D eigenvalue weighted by Crippen LogP contribution is 2.21. The maximum Gasteiger partial charge on any atom is 0.318 e. The van der Waals surface area contributed by atoms with E-state index in [9.17, 15) is 4.79 Å². The van der Waals surface area contributed by atoms with Crippen LogP contribution in [-0.4, -0.2) is 15.6 Å². The van der Waals surface area contributed by atoms with E-state index in [2.05, 4.69) is 10.1 Å². The largest absolute Gasteiger partial charge is 0.351 e. The molecule has 0 saturated heterocycles. The zero-order valence-electron chi connectivity index (χ0n) is 10.5. The monoisotopic (exact) mass is 307 g/mol. The zero-order chi connectivity index (χ0) is 14.1. The van der Waals surface area contributed by atoms with Crippen LogP contribution in [0, 0.1) is 0 Å². The van der Waals surface area contributed by atoms with Crippen LogP contribution in [0.4, 0.5) is 0 Å². The quantitative estimate of drug-likeness (QED) is 0.731. The van der Waals surface area contributed by atoms with Gasteiger partial charge >= 0.3 is 5.91 Å². The van der Waals surface area contributed by atoms with Crippen molar-refractivity contribution in [3.63, 3.8) is 0 Å². The number of aromatic nitrogens is 2. The molecular weight excluding hydrogens is 298 g/mol. The van der Waals surface area contributed by atoms with Crippen molar-refractivity contribution in [2.45, 2.75) is 13.5 Å². The highest BCUT2D eigenvalue weighted by atomic mass is 35.5. The molecular formula is C13H10ClN3O2S. The van der Waals surface area contributed by atoms with Gasteiger partial charge < -0.3 is 9.09 Å². The van der Waals surface area contributed by atoms with Crippen LogP contribution in [0.5, 0.6) is 0 Å². The van der Waals surface area contributed by atoms with E-state index in [1.807, 2.05) is 29.7 Å². The first-order chi connectivity index (χ1) is 9.69. The molecule has 20 heavy (non-hydrogen) atoms. The maximum absolute atomic E-state index is 12.0. The van der Waals surface area contributed by atoms with Crippen LogP contribution in [0.15, 0.2) is 40.0 Å². The lowest BCUT2D eigenvalue weighted by molar-refractivity contribution is 0.0962. The number of hydrogen-bond donors (Lipinski definition) is 0. The average molecular weight is 308 g/mol. The number of rotatable bonds is 2. The van der Waals surface area contributed by atoms with Gasteiger partial charge in [-0.25, -0.2) is 0 Å². The molecule has 7 heteroatoms. The molecule has 0 aliphatic rings. The fourth-order valence-corrected chi connectivity index (χ4v) is 3.27. The zero-order valence-corrected chi connectivity index (χ0v) is 12.1. The lowest BCUT2D eigenvalue weighted by Gasteiger charge is -1.99. The molecule has 5 nitrogen and oxygen atoms in total. The summed E-state index contributed by atoms with van der Waals surface area (Å²) in [5.74, 6) is -0.314. The Hall–Kier alpha value is -1.92. The van der Waals surface area contributed by atoms with Crippen LogP contribution in [0.3, 0.4) is 0 Å². The van der Waals surface area contributed by atoms with Gasteiger partial charge in [0.2, 0.25) is 5.76 Å². The van der Waals surface area contributed by atoms with E-state index in [0.29, 0.717) is 16.4 Å². The summed E-state index contributed by atoms with van der Waals surface area (Å²) in [4.78, 5) is 16.7. The van der Waals surface area contributed by atoms with Crippen molar-refractivity contribution in [3.8, 4) is 0 Å². The van der Waals surface area contributed by atoms with Crippen molar-refractivity contribution in [1.29, 1.82) is 0 Å². The molecule has 1 aromatic carbocycles. The molecule has 1 amide bonds. The molecule has 0 aliphatic carbocycles. The first-order valence-electron chi connectivity index (χ1n) is 5.97. The number of carbonyl (C=O) groups excluding carboxylic acids is 1. The molecule has 102 valence electrons. The second kappa shape index (κ2) is 5.22. The third kappa shape index (κ3) is 2.28. The van der Waals surface area contributed by atoms with Gasteiger partial charge in [0.15, 0.2) is 4.80 Å². The van der Waals surface area contributed by atoms with Gasteiger partial charge in [-0.2, -0.15) is 4.99 Å². The minimum absolute atomic E-state index is 0.128. The highest BCUT2D eigenvalue weighted by molar-refractivity contribution is 7.16. The Labute approximate surface area is 123 Å². The van der Waals surface area contributed by atoms with Crippen molar-refractivity contribution in [2.24, 2.45) is 4.99 Å². The number of nitrogens with zero attached hydrogens (tertiary/aromatic N) is 3. The number of hydrogen-bond acceptors (Lipinski definition) is 4. The SMILES string of the molecule is CCn1c(=NC(=O)c2ccno2)sc2cc(Cl)ccc21. The van der Waals surface area contributed by atoms with Crippen molar-refractivity contribution >= 4 is 39.1 Å². The summed E-state index contributed by atoms with van der Waals surface area (Å²) in [6.45, 7) is 2.71. The predicted molar refractivity (Wildman–Crippen MR) is 76.9 cm³/mol. The second-order valence-corrected chi connectivity index (χ2v) is 5.48. The fourth-order valence-electron chi connectivity index (χ4n) is 1.91. The molecule has 0 aliphatic heterocycles. The van der Waals surface area contributed by atoms with Crippen molar-refractivity contribution in [1.82, 2.24) is 9.72 Å². The van der Waals surface area contributed by atoms with E-state index in [-0.39, 0.29) is 5.76 Å². The number of fused-ring (bicyclic) bond motifs is 1. The van der Waals surface area contributed by atoms with Crippen molar-refractivity contribution < 1.29 is 9.32 Å². The second-order valence-electron chi connectivity index (χ2n) is 4.03. The van der Waals surface area contributed by atoms with Gasteiger partial charge in [0, 0.05) is 17.6 Å². The minimum atomic E-state index is -0.442. The topological polar surface area (TPSA) is 60.4 Å². The highest BCUT2D eigenvalue weighted by Gasteiger charge is 2.11. The summed E-state index contributed by atoms with van der Waals surface area (Å²) in [5, 5.41) is 4.17. The summed E-state index contributed by atoms with van der Waals surface area (Å²) in [7, 11) is 0. The standard InChI is InChI=1S/C13H10ClN3O2S/c1-2-17-9-4-3-8(14)7-11(9)20-13(17)16-12(18)10-5-6-15-19-10/h3-7H,2H2,1H3. The van der Waals surface area contributed by atoms with Crippen LogP contribution in [0.25, 0.3) is 10.2 Å². The van der Waals surface area contributed by atoms with Gasteiger partial charge in [-0.3, -0.25) is 4.79 Å². The molecule has 0 bridgehead atoms. The number of aryl methyl sites for hydroxylation is 1. The fraction of sp³-hybridized carbons (Fsp3) is 0.154. The Kier molecular flexibility index (Phi) is 3.42. The lowest BCUT2D eigenvalue weighted by atomic mass is 10.3.